The Kier molecular flexibility index (Phi) is 7.35. The number of aromatic nitrogens is 4. The Balaban J connectivity index is 1.71. The molecule has 0 bridgehead atoms. The molecule has 4 rings (SSSR count). The molecular formula is C26H26FN5O3. The first kappa shape index (κ1) is 23.9. The van der Waals surface area contributed by atoms with Crippen molar-refractivity contribution >= 4 is 17.3 Å². The summed E-state index contributed by atoms with van der Waals surface area (Å²) in [7, 11) is 0. The molecule has 1 atom stereocenters. The predicted molar refractivity (Wildman–Crippen MR) is 131 cm³/mol. The lowest BCUT2D eigenvalue weighted by Crippen LogP contribution is -2.06. The van der Waals surface area contributed by atoms with Gasteiger partial charge in [-0.15, -0.1) is 0 Å². The van der Waals surface area contributed by atoms with Crippen LogP contribution in [-0.2, 0) is 4.79 Å². The number of carbonyl (C=O) groups is 1. The lowest BCUT2D eigenvalue weighted by molar-refractivity contribution is -0.137. The number of carboxylic acids is 1. The van der Waals surface area contributed by atoms with Crippen molar-refractivity contribution in [1.29, 1.82) is 0 Å². The number of hydrogen-bond donors (Lipinski definition) is 2. The predicted octanol–water partition coefficient (Wildman–Crippen LogP) is 5.58. The molecular weight excluding hydrogens is 449 g/mol. The summed E-state index contributed by atoms with van der Waals surface area (Å²) in [5.74, 6) is -1.27. The van der Waals surface area contributed by atoms with Crippen molar-refractivity contribution in [2.75, 3.05) is 11.9 Å². The highest BCUT2D eigenvalue weighted by molar-refractivity contribution is 5.81. The minimum atomic E-state index is -0.837. The summed E-state index contributed by atoms with van der Waals surface area (Å²) in [6, 6.07) is 12.2. The van der Waals surface area contributed by atoms with Crippen LogP contribution in [0.1, 0.15) is 38.2 Å². The molecule has 0 spiro atoms. The first-order chi connectivity index (χ1) is 17.0. The van der Waals surface area contributed by atoms with Crippen LogP contribution in [-0.4, -0.2) is 37.4 Å². The average Bonchev–Trinajstić information content (AvgIpc) is 3.34. The molecule has 2 aromatic carbocycles. The van der Waals surface area contributed by atoms with E-state index in [2.05, 4.69) is 20.4 Å². The third kappa shape index (κ3) is 5.81. The molecule has 4 aromatic rings. The van der Waals surface area contributed by atoms with E-state index in [9.17, 15) is 14.3 Å². The highest BCUT2D eigenvalue weighted by Gasteiger charge is 2.17. The van der Waals surface area contributed by atoms with Crippen LogP contribution in [0.25, 0.3) is 16.8 Å². The number of halogens is 1. The molecule has 0 amide bonds. The van der Waals surface area contributed by atoms with Gasteiger partial charge in [-0.05, 0) is 55.2 Å². The zero-order valence-corrected chi connectivity index (χ0v) is 19.5. The second-order valence-corrected chi connectivity index (χ2v) is 7.97. The van der Waals surface area contributed by atoms with E-state index in [1.807, 2.05) is 38.2 Å². The summed E-state index contributed by atoms with van der Waals surface area (Å²) in [6.07, 6.45) is 7.59. The van der Waals surface area contributed by atoms with Crippen LogP contribution in [0.4, 0.5) is 15.8 Å². The topological polar surface area (TPSA) is 102 Å². The largest absolute Gasteiger partial charge is 0.481 e. The number of nitrogens with one attached hydrogen (secondary N) is 1. The zero-order valence-electron chi connectivity index (χ0n) is 19.5. The molecule has 0 fully saturated rings. The Morgan fingerprint density at radius 2 is 1.86 bits per heavy atom. The molecule has 0 saturated heterocycles. The van der Waals surface area contributed by atoms with E-state index in [-0.39, 0.29) is 18.2 Å². The van der Waals surface area contributed by atoms with Gasteiger partial charge in [-0.3, -0.25) is 4.79 Å². The zero-order chi connectivity index (χ0) is 24.8. The van der Waals surface area contributed by atoms with Gasteiger partial charge in [0.15, 0.2) is 0 Å². The van der Waals surface area contributed by atoms with Crippen LogP contribution in [0, 0.1) is 5.82 Å². The van der Waals surface area contributed by atoms with Crippen LogP contribution in [0.2, 0.25) is 0 Å². The molecule has 0 saturated carbocycles. The Morgan fingerprint density at radius 1 is 1.11 bits per heavy atom. The number of anilines is 2. The minimum absolute atomic E-state index is 0.0456. The van der Waals surface area contributed by atoms with Gasteiger partial charge >= 0.3 is 12.0 Å². The van der Waals surface area contributed by atoms with Crippen molar-refractivity contribution in [1.82, 2.24) is 19.7 Å². The van der Waals surface area contributed by atoms with Gasteiger partial charge in [-0.2, -0.15) is 5.10 Å². The van der Waals surface area contributed by atoms with Crippen molar-refractivity contribution < 1.29 is 19.0 Å². The van der Waals surface area contributed by atoms with Gasteiger partial charge < -0.3 is 15.2 Å². The molecule has 0 radical (unpaired) electrons. The third-order valence-corrected chi connectivity index (χ3v) is 5.59. The molecule has 8 nitrogen and oxygen atoms in total. The highest BCUT2D eigenvalue weighted by Crippen LogP contribution is 2.35. The van der Waals surface area contributed by atoms with Crippen molar-refractivity contribution in [3.63, 3.8) is 0 Å². The maximum absolute atomic E-state index is 13.3. The maximum atomic E-state index is 13.3. The van der Waals surface area contributed by atoms with Gasteiger partial charge in [-0.25, -0.2) is 19.0 Å². The lowest BCUT2D eigenvalue weighted by atomic mass is 9.91. The van der Waals surface area contributed by atoms with Crippen LogP contribution in [0.3, 0.4) is 0 Å². The van der Waals surface area contributed by atoms with Gasteiger partial charge in [0.2, 0.25) is 0 Å². The lowest BCUT2D eigenvalue weighted by Gasteiger charge is -2.17. The molecule has 1 unspecified atom stereocenters. The number of nitrogens with zero attached hydrogens (tertiary/aromatic N) is 4. The number of rotatable bonds is 10. The fraction of sp³-hybridized carbons (Fsp3) is 0.231. The van der Waals surface area contributed by atoms with Gasteiger partial charge in [0.1, 0.15) is 5.82 Å². The van der Waals surface area contributed by atoms with Crippen LogP contribution in [0.5, 0.6) is 6.01 Å². The second-order valence-electron chi connectivity index (χ2n) is 7.97. The molecule has 180 valence electrons. The van der Waals surface area contributed by atoms with E-state index in [1.54, 1.807) is 35.4 Å². The summed E-state index contributed by atoms with van der Waals surface area (Å²) in [5, 5.41) is 17.1. The number of hydrogen-bond acceptors (Lipinski definition) is 6. The summed E-state index contributed by atoms with van der Waals surface area (Å²) in [5.41, 5.74) is 4.76. The smallest absolute Gasteiger partial charge is 0.316 e. The first-order valence-electron chi connectivity index (χ1n) is 11.4. The van der Waals surface area contributed by atoms with Crippen LogP contribution < -0.4 is 10.1 Å². The Labute approximate surface area is 202 Å². The van der Waals surface area contributed by atoms with Crippen LogP contribution >= 0.6 is 0 Å². The second kappa shape index (κ2) is 10.8. The molecule has 0 aliphatic carbocycles. The molecule has 35 heavy (non-hydrogen) atoms. The molecule has 2 N–H and O–H groups in total. The van der Waals surface area contributed by atoms with Gasteiger partial charge in [-0.1, -0.05) is 19.1 Å². The fourth-order valence-electron chi connectivity index (χ4n) is 3.82. The fourth-order valence-corrected chi connectivity index (χ4v) is 3.82. The minimum Gasteiger partial charge on any atom is -0.481 e. The SMILES string of the molecule is CCOc1ncc(Nc2cc(C(CC)CC(=O)O)ccc2-c2cnn(-c3ccc(F)cc3)c2)cn1. The van der Waals surface area contributed by atoms with Crippen molar-refractivity contribution in [2.24, 2.45) is 0 Å². The summed E-state index contributed by atoms with van der Waals surface area (Å²) >= 11 is 0. The van der Waals surface area contributed by atoms with Crippen molar-refractivity contribution in [3.05, 3.63) is 78.6 Å². The summed E-state index contributed by atoms with van der Waals surface area (Å²) < 4.78 is 20.3. The number of aliphatic carboxylic acids is 1. The Hall–Kier alpha value is -4.27. The van der Waals surface area contributed by atoms with Crippen LogP contribution in [0.15, 0.2) is 67.3 Å². The van der Waals surface area contributed by atoms with E-state index in [1.165, 1.54) is 12.1 Å². The first-order valence-corrected chi connectivity index (χ1v) is 11.4. The van der Waals surface area contributed by atoms with E-state index >= 15 is 0 Å². The van der Waals surface area contributed by atoms with E-state index < -0.39 is 5.97 Å². The third-order valence-electron chi connectivity index (χ3n) is 5.59. The molecule has 2 heterocycles. The van der Waals surface area contributed by atoms with Gasteiger partial charge in [0.05, 0.1) is 43.0 Å². The maximum Gasteiger partial charge on any atom is 0.316 e. The summed E-state index contributed by atoms with van der Waals surface area (Å²) in [6.45, 7) is 4.31. The summed E-state index contributed by atoms with van der Waals surface area (Å²) in [4.78, 5) is 19.8. The van der Waals surface area contributed by atoms with Crippen molar-refractivity contribution in [3.8, 4) is 22.8 Å². The number of benzene rings is 2. The van der Waals surface area contributed by atoms with Gasteiger partial charge in [0, 0.05) is 23.0 Å². The number of carboxylic acid groups (broad SMARTS) is 1. The normalized spacial score (nSPS) is 11.7. The quantitative estimate of drug-likeness (QED) is 0.309. The highest BCUT2D eigenvalue weighted by atomic mass is 19.1. The van der Waals surface area contributed by atoms with Gasteiger partial charge in [0.25, 0.3) is 0 Å². The number of ether oxygens (including phenoxy) is 1. The molecule has 0 aliphatic rings. The Morgan fingerprint density at radius 3 is 2.51 bits per heavy atom. The van der Waals surface area contributed by atoms with Crippen molar-refractivity contribution in [2.45, 2.75) is 32.6 Å². The monoisotopic (exact) mass is 475 g/mol. The Bertz CT molecular complexity index is 1290. The standard InChI is InChI=1S/C26H26FN5O3/c1-3-17(12-25(33)34)18-5-10-23(19-13-30-32(16-19)22-8-6-20(27)7-9-22)24(11-18)31-21-14-28-26(29-15-21)35-4-2/h5-11,13-17,31H,3-4,12H2,1-2H3,(H,33,34). The van der Waals surface area contributed by atoms with E-state index in [0.29, 0.717) is 24.7 Å². The van der Waals surface area contributed by atoms with E-state index in [4.69, 9.17) is 4.74 Å². The molecule has 0 aliphatic heterocycles. The molecule has 2 aromatic heterocycles. The van der Waals surface area contributed by atoms with E-state index in [0.717, 1.165) is 28.1 Å². The average molecular weight is 476 g/mol. The molecule has 9 heteroatoms.